The highest BCUT2D eigenvalue weighted by atomic mass is 32.2. The van der Waals surface area contributed by atoms with Gasteiger partial charge in [0, 0.05) is 23.0 Å². The second-order valence-electron chi connectivity index (χ2n) is 2.99. The lowest BCUT2D eigenvalue weighted by atomic mass is 10.3. The van der Waals surface area contributed by atoms with Crippen molar-refractivity contribution in [3.63, 3.8) is 0 Å². The number of nitrogen functional groups attached to an aromatic ring is 1. The van der Waals surface area contributed by atoms with Crippen molar-refractivity contribution in [2.45, 2.75) is 9.92 Å². The molecule has 78 valence electrons. The Hall–Kier alpha value is -2.06. The van der Waals surface area contributed by atoms with Crippen LogP contribution in [0.4, 0.5) is 5.69 Å². The third kappa shape index (κ3) is 2.30. The molecule has 2 N–H and O–H groups in total. The minimum Gasteiger partial charge on any atom is -0.399 e. The molecule has 0 spiro atoms. The summed E-state index contributed by atoms with van der Waals surface area (Å²) in [5, 5.41) is 9.46. The molecule has 0 saturated heterocycles. The van der Waals surface area contributed by atoms with Crippen LogP contribution in [0.3, 0.4) is 0 Å². The van der Waals surface area contributed by atoms with E-state index in [1.54, 1.807) is 6.20 Å². The first-order valence-electron chi connectivity index (χ1n) is 4.54. The van der Waals surface area contributed by atoms with Crippen LogP contribution < -0.4 is 5.73 Å². The maximum absolute atomic E-state index is 8.85. The molecule has 2 rings (SSSR count). The molecule has 1 aromatic heterocycles. The molecule has 0 aliphatic carbocycles. The number of hydrogen-bond acceptors (Lipinski definition) is 5. The third-order valence-electron chi connectivity index (χ3n) is 1.87. The number of anilines is 1. The molecule has 0 atom stereocenters. The molecular formula is C11H8N4S. The van der Waals surface area contributed by atoms with E-state index >= 15 is 0 Å². The Balaban J connectivity index is 2.27. The fourth-order valence-corrected chi connectivity index (χ4v) is 1.93. The summed E-state index contributed by atoms with van der Waals surface area (Å²) in [5.74, 6) is 0. The molecule has 2 aromatic rings. The number of benzene rings is 1. The summed E-state index contributed by atoms with van der Waals surface area (Å²) < 4.78 is 0. The molecular weight excluding hydrogens is 220 g/mol. The summed E-state index contributed by atoms with van der Waals surface area (Å²) >= 11 is 1.40. The summed E-state index contributed by atoms with van der Waals surface area (Å²) in [4.78, 5) is 9.03. The second kappa shape index (κ2) is 4.64. The Labute approximate surface area is 97.1 Å². The highest BCUT2D eigenvalue weighted by molar-refractivity contribution is 7.99. The molecule has 1 heterocycles. The SMILES string of the molecule is N#Cc1nccnc1Sc1ccc(N)cc1. The van der Waals surface area contributed by atoms with Crippen LogP contribution >= 0.6 is 11.8 Å². The first-order valence-corrected chi connectivity index (χ1v) is 5.36. The van der Waals surface area contributed by atoms with Crippen LogP contribution in [0.5, 0.6) is 0 Å². The van der Waals surface area contributed by atoms with Gasteiger partial charge in [0.1, 0.15) is 11.1 Å². The van der Waals surface area contributed by atoms with Gasteiger partial charge in [-0.1, -0.05) is 11.8 Å². The van der Waals surface area contributed by atoms with E-state index < -0.39 is 0 Å². The molecule has 0 saturated carbocycles. The molecule has 0 aliphatic heterocycles. The van der Waals surface area contributed by atoms with Crippen molar-refractivity contribution in [3.8, 4) is 6.07 Å². The van der Waals surface area contributed by atoms with Gasteiger partial charge in [-0.3, -0.25) is 0 Å². The van der Waals surface area contributed by atoms with Crippen molar-refractivity contribution in [1.82, 2.24) is 9.97 Å². The average Bonchev–Trinajstić information content (AvgIpc) is 2.33. The van der Waals surface area contributed by atoms with E-state index in [2.05, 4.69) is 9.97 Å². The van der Waals surface area contributed by atoms with Gasteiger partial charge in [0.2, 0.25) is 0 Å². The fraction of sp³-hybridized carbons (Fsp3) is 0. The zero-order valence-electron chi connectivity index (χ0n) is 8.29. The van der Waals surface area contributed by atoms with Crippen LogP contribution in [0, 0.1) is 11.3 Å². The van der Waals surface area contributed by atoms with Crippen LogP contribution in [0.15, 0.2) is 46.6 Å². The van der Waals surface area contributed by atoms with Gasteiger partial charge < -0.3 is 5.73 Å². The normalized spacial score (nSPS) is 9.69. The van der Waals surface area contributed by atoms with Crippen molar-refractivity contribution >= 4 is 17.4 Å². The molecule has 0 unspecified atom stereocenters. The van der Waals surface area contributed by atoms with Crippen molar-refractivity contribution in [2.24, 2.45) is 0 Å². The predicted molar refractivity (Wildman–Crippen MR) is 61.7 cm³/mol. The Kier molecular flexibility index (Phi) is 3.03. The highest BCUT2D eigenvalue weighted by Crippen LogP contribution is 2.27. The van der Waals surface area contributed by atoms with Gasteiger partial charge in [0.05, 0.1) is 0 Å². The molecule has 4 nitrogen and oxygen atoms in total. The maximum Gasteiger partial charge on any atom is 0.173 e. The number of rotatable bonds is 2. The van der Waals surface area contributed by atoms with Gasteiger partial charge >= 0.3 is 0 Å². The highest BCUT2D eigenvalue weighted by Gasteiger charge is 2.05. The molecule has 0 aliphatic rings. The van der Waals surface area contributed by atoms with E-state index in [-0.39, 0.29) is 0 Å². The first-order chi connectivity index (χ1) is 7.79. The Morgan fingerprint density at radius 3 is 2.50 bits per heavy atom. The zero-order chi connectivity index (χ0) is 11.4. The molecule has 0 bridgehead atoms. The molecule has 0 fully saturated rings. The lowest BCUT2D eigenvalue weighted by Gasteiger charge is -2.01. The van der Waals surface area contributed by atoms with Gasteiger partial charge in [-0.15, -0.1) is 0 Å². The van der Waals surface area contributed by atoms with Gasteiger partial charge in [0.15, 0.2) is 5.69 Å². The lowest BCUT2D eigenvalue weighted by molar-refractivity contribution is 1.02. The van der Waals surface area contributed by atoms with Gasteiger partial charge in [0.25, 0.3) is 0 Å². The fourth-order valence-electron chi connectivity index (χ4n) is 1.12. The van der Waals surface area contributed by atoms with E-state index in [1.807, 2.05) is 30.3 Å². The van der Waals surface area contributed by atoms with Crippen LogP contribution in [-0.4, -0.2) is 9.97 Å². The van der Waals surface area contributed by atoms with Gasteiger partial charge in [-0.25, -0.2) is 9.97 Å². The van der Waals surface area contributed by atoms with Crippen molar-refractivity contribution in [1.29, 1.82) is 5.26 Å². The Morgan fingerprint density at radius 2 is 1.81 bits per heavy atom. The summed E-state index contributed by atoms with van der Waals surface area (Å²) in [6.07, 6.45) is 3.08. The lowest BCUT2D eigenvalue weighted by Crippen LogP contribution is -1.89. The molecule has 0 radical (unpaired) electrons. The standard InChI is InChI=1S/C11H8N4S/c12-7-10-11(15-6-5-14-10)16-9-3-1-8(13)2-4-9/h1-6H,13H2. The van der Waals surface area contributed by atoms with Crippen molar-refractivity contribution < 1.29 is 0 Å². The van der Waals surface area contributed by atoms with Gasteiger partial charge in [-0.2, -0.15) is 5.26 Å². The van der Waals surface area contributed by atoms with E-state index in [0.29, 0.717) is 16.4 Å². The Morgan fingerprint density at radius 1 is 1.12 bits per heavy atom. The maximum atomic E-state index is 8.85. The van der Waals surface area contributed by atoms with Crippen molar-refractivity contribution in [3.05, 3.63) is 42.4 Å². The van der Waals surface area contributed by atoms with E-state index in [0.717, 1.165) is 4.90 Å². The summed E-state index contributed by atoms with van der Waals surface area (Å²) in [6.45, 7) is 0. The largest absolute Gasteiger partial charge is 0.399 e. The monoisotopic (exact) mass is 228 g/mol. The van der Waals surface area contributed by atoms with Crippen LogP contribution in [0.2, 0.25) is 0 Å². The number of hydrogen-bond donors (Lipinski definition) is 1. The molecule has 0 amide bonds. The molecule has 5 heteroatoms. The van der Waals surface area contributed by atoms with Gasteiger partial charge in [-0.05, 0) is 24.3 Å². The quantitative estimate of drug-likeness (QED) is 0.796. The van der Waals surface area contributed by atoms with E-state index in [9.17, 15) is 0 Å². The Bertz CT molecular complexity index is 530. The number of nitrogens with zero attached hydrogens (tertiary/aromatic N) is 3. The second-order valence-corrected chi connectivity index (χ2v) is 4.06. The third-order valence-corrected chi connectivity index (χ3v) is 2.87. The molecule has 16 heavy (non-hydrogen) atoms. The van der Waals surface area contributed by atoms with Crippen molar-refractivity contribution in [2.75, 3.05) is 5.73 Å². The van der Waals surface area contributed by atoms with Crippen LogP contribution in [0.25, 0.3) is 0 Å². The zero-order valence-corrected chi connectivity index (χ0v) is 9.11. The minimum absolute atomic E-state index is 0.337. The van der Waals surface area contributed by atoms with Crippen LogP contribution in [0.1, 0.15) is 5.69 Å². The molecule has 1 aromatic carbocycles. The minimum atomic E-state index is 0.337. The topological polar surface area (TPSA) is 75.6 Å². The van der Waals surface area contributed by atoms with Crippen LogP contribution in [-0.2, 0) is 0 Å². The first kappa shape index (κ1) is 10.5. The van der Waals surface area contributed by atoms with E-state index in [1.165, 1.54) is 18.0 Å². The summed E-state index contributed by atoms with van der Waals surface area (Å²) in [5.41, 5.74) is 6.64. The summed E-state index contributed by atoms with van der Waals surface area (Å²) in [6, 6.07) is 9.40. The summed E-state index contributed by atoms with van der Waals surface area (Å²) in [7, 11) is 0. The number of aromatic nitrogens is 2. The number of nitrogens with two attached hydrogens (primary N) is 1. The van der Waals surface area contributed by atoms with E-state index in [4.69, 9.17) is 11.0 Å². The smallest absolute Gasteiger partial charge is 0.173 e. The predicted octanol–water partition coefficient (Wildman–Crippen LogP) is 2.08. The number of nitriles is 1. The average molecular weight is 228 g/mol.